The number of hydrogen-bond donors (Lipinski definition) is 0. The zero-order valence-corrected chi connectivity index (χ0v) is 13.7. The van der Waals surface area contributed by atoms with E-state index in [4.69, 9.17) is 9.47 Å². The van der Waals surface area contributed by atoms with Gasteiger partial charge in [0.1, 0.15) is 11.5 Å². The molecule has 3 aliphatic rings. The standard InChI is InChI=1S/C19H21NO4/c1-2-23-18(22)15-14-8-10-19(24-14)12-20(17(21)16(15)19)11-9-13-6-4-3-5-7-13/h3-8,10,14-16H,2,9,11-12H2,1H3/t14-,15-,16-,19+/m1/s1. The molecule has 1 spiro atoms. The summed E-state index contributed by atoms with van der Waals surface area (Å²) >= 11 is 0. The van der Waals surface area contributed by atoms with E-state index in [0.29, 0.717) is 19.7 Å². The minimum atomic E-state index is -0.643. The normalized spacial score (nSPS) is 33.1. The van der Waals surface area contributed by atoms with Crippen molar-refractivity contribution < 1.29 is 19.1 Å². The van der Waals surface area contributed by atoms with Crippen LogP contribution in [-0.4, -0.2) is 48.2 Å². The van der Waals surface area contributed by atoms with Crippen LogP contribution in [0.4, 0.5) is 0 Å². The van der Waals surface area contributed by atoms with Gasteiger partial charge in [-0.15, -0.1) is 0 Å². The lowest BCUT2D eigenvalue weighted by Crippen LogP contribution is -2.40. The van der Waals surface area contributed by atoms with Gasteiger partial charge in [0.05, 0.1) is 25.2 Å². The molecule has 2 fully saturated rings. The monoisotopic (exact) mass is 327 g/mol. The van der Waals surface area contributed by atoms with Crippen LogP contribution in [-0.2, 0) is 25.5 Å². The fourth-order valence-corrected chi connectivity index (χ4v) is 4.18. The van der Waals surface area contributed by atoms with Crippen LogP contribution in [0.15, 0.2) is 42.5 Å². The molecule has 2 saturated heterocycles. The molecule has 4 atom stereocenters. The molecule has 5 nitrogen and oxygen atoms in total. The number of esters is 1. The summed E-state index contributed by atoms with van der Waals surface area (Å²) in [6.07, 6.45) is 4.35. The Balaban J connectivity index is 1.51. The van der Waals surface area contributed by atoms with Gasteiger partial charge in [-0.2, -0.15) is 0 Å². The van der Waals surface area contributed by atoms with Gasteiger partial charge >= 0.3 is 5.97 Å². The Morgan fingerprint density at radius 3 is 2.92 bits per heavy atom. The fourth-order valence-electron chi connectivity index (χ4n) is 4.18. The van der Waals surface area contributed by atoms with Crippen molar-refractivity contribution in [2.24, 2.45) is 11.8 Å². The summed E-state index contributed by atoms with van der Waals surface area (Å²) in [7, 11) is 0. The smallest absolute Gasteiger partial charge is 0.312 e. The summed E-state index contributed by atoms with van der Waals surface area (Å²) < 4.78 is 11.2. The van der Waals surface area contributed by atoms with Gasteiger partial charge in [-0.05, 0) is 18.9 Å². The zero-order chi connectivity index (χ0) is 16.7. The van der Waals surface area contributed by atoms with Crippen molar-refractivity contribution in [3.8, 4) is 0 Å². The maximum Gasteiger partial charge on any atom is 0.312 e. The molecule has 1 aromatic carbocycles. The molecule has 3 aliphatic heterocycles. The largest absolute Gasteiger partial charge is 0.466 e. The maximum absolute atomic E-state index is 12.9. The molecule has 0 radical (unpaired) electrons. The topological polar surface area (TPSA) is 55.8 Å². The molecule has 0 saturated carbocycles. The Labute approximate surface area is 141 Å². The SMILES string of the molecule is CCOC(=O)[C@@H]1[C@H]2C=C[C@@]3(CN(CCc4ccccc4)C(=O)[C@@H]13)O2. The Bertz CT molecular complexity index is 686. The first-order chi connectivity index (χ1) is 11.6. The van der Waals surface area contributed by atoms with Crippen LogP contribution < -0.4 is 0 Å². The minimum Gasteiger partial charge on any atom is -0.466 e. The van der Waals surface area contributed by atoms with Crippen LogP contribution in [0.25, 0.3) is 0 Å². The number of rotatable bonds is 5. The highest BCUT2D eigenvalue weighted by molar-refractivity contribution is 5.91. The molecule has 0 unspecified atom stereocenters. The van der Waals surface area contributed by atoms with Gasteiger partial charge in [-0.25, -0.2) is 0 Å². The third kappa shape index (κ3) is 2.26. The number of likely N-dealkylation sites (tertiary alicyclic amines) is 1. The average Bonchev–Trinajstić information content (AvgIpc) is 3.22. The van der Waals surface area contributed by atoms with Gasteiger partial charge in [0, 0.05) is 6.54 Å². The summed E-state index contributed by atoms with van der Waals surface area (Å²) in [5, 5.41) is 0. The van der Waals surface area contributed by atoms with Crippen molar-refractivity contribution in [3.05, 3.63) is 48.0 Å². The summed E-state index contributed by atoms with van der Waals surface area (Å²) in [5.74, 6) is -1.26. The molecule has 3 heterocycles. The average molecular weight is 327 g/mol. The van der Waals surface area contributed by atoms with Crippen LogP contribution in [0.2, 0.25) is 0 Å². The Hall–Kier alpha value is -2.14. The summed E-state index contributed by atoms with van der Waals surface area (Å²) in [4.78, 5) is 27.0. The lowest BCUT2D eigenvalue weighted by atomic mass is 9.77. The van der Waals surface area contributed by atoms with Gasteiger partial charge in [0.25, 0.3) is 0 Å². The number of amides is 1. The molecular weight excluding hydrogens is 306 g/mol. The number of carbonyl (C=O) groups is 2. The van der Waals surface area contributed by atoms with E-state index in [1.54, 1.807) is 6.92 Å². The van der Waals surface area contributed by atoms with Crippen molar-refractivity contribution in [2.75, 3.05) is 19.7 Å². The third-order valence-electron chi connectivity index (χ3n) is 5.25. The third-order valence-corrected chi connectivity index (χ3v) is 5.25. The van der Waals surface area contributed by atoms with Gasteiger partial charge in [0.15, 0.2) is 0 Å². The minimum absolute atomic E-state index is 0.0100. The second-order valence-electron chi connectivity index (χ2n) is 6.65. The molecule has 5 heteroatoms. The Morgan fingerprint density at radius 1 is 1.38 bits per heavy atom. The highest BCUT2D eigenvalue weighted by Crippen LogP contribution is 2.52. The molecule has 4 rings (SSSR count). The summed E-state index contributed by atoms with van der Waals surface area (Å²) in [6, 6.07) is 10.1. The second-order valence-corrected chi connectivity index (χ2v) is 6.65. The van der Waals surface area contributed by atoms with Crippen molar-refractivity contribution in [1.29, 1.82) is 0 Å². The van der Waals surface area contributed by atoms with Crippen molar-refractivity contribution in [1.82, 2.24) is 4.90 Å². The van der Waals surface area contributed by atoms with E-state index in [9.17, 15) is 9.59 Å². The highest BCUT2D eigenvalue weighted by Gasteiger charge is 2.67. The van der Waals surface area contributed by atoms with Crippen LogP contribution in [0.3, 0.4) is 0 Å². The number of benzene rings is 1. The van der Waals surface area contributed by atoms with E-state index in [1.807, 2.05) is 35.3 Å². The Kier molecular flexibility index (Phi) is 3.68. The first-order valence-electron chi connectivity index (χ1n) is 8.51. The van der Waals surface area contributed by atoms with Crippen LogP contribution in [0.1, 0.15) is 12.5 Å². The van der Waals surface area contributed by atoms with Gasteiger partial charge < -0.3 is 14.4 Å². The van der Waals surface area contributed by atoms with E-state index in [-0.39, 0.29) is 18.0 Å². The van der Waals surface area contributed by atoms with Gasteiger partial charge in [-0.3, -0.25) is 9.59 Å². The lowest BCUT2D eigenvalue weighted by molar-refractivity contribution is -0.153. The van der Waals surface area contributed by atoms with Crippen LogP contribution in [0, 0.1) is 11.8 Å². The predicted molar refractivity (Wildman–Crippen MR) is 87.1 cm³/mol. The fraction of sp³-hybridized carbons (Fsp3) is 0.474. The van der Waals surface area contributed by atoms with Crippen molar-refractivity contribution in [2.45, 2.75) is 25.0 Å². The molecule has 2 bridgehead atoms. The molecule has 1 amide bonds. The van der Waals surface area contributed by atoms with Crippen LogP contribution in [0.5, 0.6) is 0 Å². The molecule has 24 heavy (non-hydrogen) atoms. The maximum atomic E-state index is 12.9. The number of nitrogens with zero attached hydrogens (tertiary/aromatic N) is 1. The van der Waals surface area contributed by atoms with E-state index in [0.717, 1.165) is 6.42 Å². The van der Waals surface area contributed by atoms with Crippen molar-refractivity contribution in [3.63, 3.8) is 0 Å². The number of carbonyl (C=O) groups excluding carboxylic acids is 2. The van der Waals surface area contributed by atoms with Gasteiger partial charge in [-0.1, -0.05) is 42.5 Å². The predicted octanol–water partition coefficient (Wildman–Crippen LogP) is 1.57. The van der Waals surface area contributed by atoms with E-state index >= 15 is 0 Å². The lowest BCUT2D eigenvalue weighted by Gasteiger charge is -2.22. The molecule has 0 N–H and O–H groups in total. The van der Waals surface area contributed by atoms with Crippen molar-refractivity contribution >= 4 is 11.9 Å². The molecule has 126 valence electrons. The summed E-state index contributed by atoms with van der Waals surface area (Å²) in [6.45, 7) is 3.25. The Morgan fingerprint density at radius 2 is 2.17 bits per heavy atom. The first-order valence-corrected chi connectivity index (χ1v) is 8.51. The molecule has 0 aromatic heterocycles. The molecular formula is C19H21NO4. The second kappa shape index (κ2) is 5.74. The molecule has 0 aliphatic carbocycles. The zero-order valence-electron chi connectivity index (χ0n) is 13.7. The number of hydrogen-bond acceptors (Lipinski definition) is 4. The molecule has 1 aromatic rings. The summed E-state index contributed by atoms with van der Waals surface area (Å²) in [5.41, 5.74) is 0.554. The van der Waals surface area contributed by atoms with E-state index < -0.39 is 17.4 Å². The number of ether oxygens (including phenoxy) is 2. The van der Waals surface area contributed by atoms with E-state index in [2.05, 4.69) is 12.1 Å². The van der Waals surface area contributed by atoms with Gasteiger partial charge in [0.2, 0.25) is 5.91 Å². The quantitative estimate of drug-likeness (QED) is 0.608. The number of fused-ring (bicyclic) bond motifs is 1. The first kappa shape index (κ1) is 15.4. The van der Waals surface area contributed by atoms with E-state index in [1.165, 1.54) is 5.56 Å². The van der Waals surface area contributed by atoms with Crippen LogP contribution >= 0.6 is 0 Å². The highest BCUT2D eigenvalue weighted by atomic mass is 16.6.